The fourth-order valence-corrected chi connectivity index (χ4v) is 1.09. The predicted molar refractivity (Wildman–Crippen MR) is 42.0 cm³/mol. The van der Waals surface area contributed by atoms with Gasteiger partial charge in [0.15, 0.2) is 6.29 Å². The number of rotatable bonds is 2. The fraction of sp³-hybridized carbons (Fsp3) is 0.143. The summed E-state index contributed by atoms with van der Waals surface area (Å²) in [4.78, 5) is 14.0. The fourth-order valence-electron chi connectivity index (χ4n) is 0.631. The van der Waals surface area contributed by atoms with Crippen LogP contribution >= 0.6 is 0 Å². The van der Waals surface area contributed by atoms with Gasteiger partial charge in [0.1, 0.15) is 5.03 Å². The molecule has 1 unspecified atom stereocenters. The molecule has 0 aromatic carbocycles. The average Bonchev–Trinajstić information content (AvgIpc) is 2.05. The Labute approximate surface area is 66.9 Å². The highest BCUT2D eigenvalue weighted by Crippen LogP contribution is 2.00. The summed E-state index contributed by atoms with van der Waals surface area (Å²) in [6, 6.07) is 3.18. The second kappa shape index (κ2) is 3.39. The zero-order chi connectivity index (χ0) is 8.27. The predicted octanol–water partition coefficient (Wildman–Crippen LogP) is 0.632. The molecule has 1 rings (SSSR count). The van der Waals surface area contributed by atoms with E-state index in [1.165, 1.54) is 6.20 Å². The van der Waals surface area contributed by atoms with Gasteiger partial charge in [-0.1, -0.05) is 0 Å². The molecular formula is C7H7NO2S. The van der Waals surface area contributed by atoms with E-state index < -0.39 is 10.8 Å². The van der Waals surface area contributed by atoms with Crippen molar-refractivity contribution >= 4 is 17.1 Å². The molecule has 11 heavy (non-hydrogen) atoms. The van der Waals surface area contributed by atoms with Crippen molar-refractivity contribution in [2.45, 2.75) is 5.03 Å². The molecule has 58 valence electrons. The maximum absolute atomic E-state index is 10.8. The molecule has 0 aliphatic heterocycles. The highest BCUT2D eigenvalue weighted by Gasteiger charge is 1.97. The van der Waals surface area contributed by atoms with Crippen LogP contribution in [-0.4, -0.2) is 21.7 Å². The topological polar surface area (TPSA) is 47.0 Å². The Hall–Kier alpha value is -1.03. The van der Waals surface area contributed by atoms with Gasteiger partial charge in [0.2, 0.25) is 0 Å². The SMILES string of the molecule is CS(=O)c1ccc(C=O)cn1. The first-order valence-electron chi connectivity index (χ1n) is 2.98. The lowest BCUT2D eigenvalue weighted by Gasteiger charge is -1.93. The third kappa shape index (κ3) is 1.94. The molecule has 0 amide bonds. The van der Waals surface area contributed by atoms with E-state index >= 15 is 0 Å². The minimum atomic E-state index is -1.07. The molecule has 3 nitrogen and oxygen atoms in total. The van der Waals surface area contributed by atoms with Gasteiger partial charge in [-0.25, -0.2) is 4.98 Å². The number of aldehydes is 1. The molecule has 1 heterocycles. The minimum Gasteiger partial charge on any atom is -0.298 e. The zero-order valence-corrected chi connectivity index (χ0v) is 6.80. The van der Waals surface area contributed by atoms with Crippen molar-refractivity contribution in [2.24, 2.45) is 0 Å². The zero-order valence-electron chi connectivity index (χ0n) is 5.98. The van der Waals surface area contributed by atoms with Crippen molar-refractivity contribution in [3.63, 3.8) is 0 Å². The highest BCUT2D eigenvalue weighted by atomic mass is 32.2. The summed E-state index contributed by atoms with van der Waals surface area (Å²) in [5.41, 5.74) is 0.499. The molecule has 4 heteroatoms. The summed E-state index contributed by atoms with van der Waals surface area (Å²) in [6.07, 6.45) is 3.65. The summed E-state index contributed by atoms with van der Waals surface area (Å²) >= 11 is 0. The summed E-state index contributed by atoms with van der Waals surface area (Å²) in [7, 11) is -1.07. The van der Waals surface area contributed by atoms with E-state index in [0.717, 1.165) is 0 Å². The average molecular weight is 169 g/mol. The number of hydrogen-bond donors (Lipinski definition) is 0. The van der Waals surface area contributed by atoms with E-state index in [2.05, 4.69) is 4.98 Å². The first-order chi connectivity index (χ1) is 5.24. The summed E-state index contributed by atoms with van der Waals surface area (Å²) in [6.45, 7) is 0. The van der Waals surface area contributed by atoms with E-state index in [1.807, 2.05) is 0 Å². The van der Waals surface area contributed by atoms with E-state index in [9.17, 15) is 9.00 Å². The van der Waals surface area contributed by atoms with Gasteiger partial charge in [-0.2, -0.15) is 0 Å². The van der Waals surface area contributed by atoms with Gasteiger partial charge in [0.05, 0.1) is 10.8 Å². The molecule has 0 fully saturated rings. The molecular weight excluding hydrogens is 162 g/mol. The lowest BCUT2D eigenvalue weighted by molar-refractivity contribution is 0.112. The van der Waals surface area contributed by atoms with Gasteiger partial charge in [-0.15, -0.1) is 0 Å². The molecule has 1 aromatic heterocycles. The van der Waals surface area contributed by atoms with Gasteiger partial charge < -0.3 is 0 Å². The Kier molecular flexibility index (Phi) is 2.48. The monoisotopic (exact) mass is 169 g/mol. The van der Waals surface area contributed by atoms with Crippen LogP contribution < -0.4 is 0 Å². The van der Waals surface area contributed by atoms with Crippen LogP contribution in [0.3, 0.4) is 0 Å². The van der Waals surface area contributed by atoms with Gasteiger partial charge in [0.25, 0.3) is 0 Å². The maximum Gasteiger partial charge on any atom is 0.151 e. The summed E-state index contributed by atoms with van der Waals surface area (Å²) < 4.78 is 10.8. The Bertz CT molecular complexity index is 281. The Morgan fingerprint density at radius 3 is 2.64 bits per heavy atom. The van der Waals surface area contributed by atoms with E-state index in [-0.39, 0.29) is 0 Å². The lowest BCUT2D eigenvalue weighted by atomic mass is 10.3. The second-order valence-corrected chi connectivity index (χ2v) is 3.33. The Balaban J connectivity index is 3.00. The molecule has 0 N–H and O–H groups in total. The van der Waals surface area contributed by atoms with E-state index in [4.69, 9.17) is 0 Å². The van der Waals surface area contributed by atoms with Crippen molar-refractivity contribution in [2.75, 3.05) is 6.26 Å². The molecule has 0 aliphatic carbocycles. The Morgan fingerprint density at radius 2 is 2.27 bits per heavy atom. The largest absolute Gasteiger partial charge is 0.298 e. The molecule has 1 atom stereocenters. The normalized spacial score (nSPS) is 12.5. The molecule has 0 bridgehead atoms. The highest BCUT2D eigenvalue weighted by molar-refractivity contribution is 7.84. The van der Waals surface area contributed by atoms with E-state index in [0.29, 0.717) is 16.9 Å². The molecule has 0 aliphatic rings. The number of pyridine rings is 1. The first kappa shape index (κ1) is 8.07. The third-order valence-corrected chi connectivity index (χ3v) is 2.02. The van der Waals surface area contributed by atoms with Crippen LogP contribution in [0.1, 0.15) is 10.4 Å². The van der Waals surface area contributed by atoms with Crippen molar-refractivity contribution in [1.29, 1.82) is 0 Å². The van der Waals surface area contributed by atoms with Crippen LogP contribution in [0.15, 0.2) is 23.4 Å². The van der Waals surface area contributed by atoms with Crippen LogP contribution in [0, 0.1) is 0 Å². The van der Waals surface area contributed by atoms with Gasteiger partial charge in [-0.3, -0.25) is 9.00 Å². The number of carbonyl (C=O) groups is 1. The van der Waals surface area contributed by atoms with Crippen molar-refractivity contribution in [3.8, 4) is 0 Å². The molecule has 0 radical (unpaired) electrons. The first-order valence-corrected chi connectivity index (χ1v) is 4.54. The van der Waals surface area contributed by atoms with Gasteiger partial charge in [-0.05, 0) is 12.1 Å². The lowest BCUT2D eigenvalue weighted by Crippen LogP contribution is -1.92. The van der Waals surface area contributed by atoms with Crippen LogP contribution in [0.2, 0.25) is 0 Å². The molecule has 0 saturated heterocycles. The van der Waals surface area contributed by atoms with Gasteiger partial charge >= 0.3 is 0 Å². The van der Waals surface area contributed by atoms with Crippen molar-refractivity contribution < 1.29 is 9.00 Å². The molecule has 0 spiro atoms. The number of aromatic nitrogens is 1. The maximum atomic E-state index is 10.8. The van der Waals surface area contributed by atoms with Crippen LogP contribution in [0.25, 0.3) is 0 Å². The molecule has 0 saturated carbocycles. The second-order valence-electron chi connectivity index (χ2n) is 2.00. The minimum absolute atomic E-state index is 0.496. The number of hydrogen-bond acceptors (Lipinski definition) is 3. The quantitative estimate of drug-likeness (QED) is 0.610. The Morgan fingerprint density at radius 1 is 1.55 bits per heavy atom. The summed E-state index contributed by atoms with van der Waals surface area (Å²) in [5.74, 6) is 0. The van der Waals surface area contributed by atoms with E-state index in [1.54, 1.807) is 18.4 Å². The standard InChI is InChI=1S/C7H7NO2S/c1-11(10)7-3-2-6(5-9)4-8-7/h2-5H,1H3. The number of nitrogens with zero attached hydrogens (tertiary/aromatic N) is 1. The van der Waals surface area contributed by atoms with Crippen LogP contribution in [0.5, 0.6) is 0 Å². The molecule has 1 aromatic rings. The smallest absolute Gasteiger partial charge is 0.151 e. The number of carbonyl (C=O) groups excluding carboxylic acids is 1. The van der Waals surface area contributed by atoms with Crippen LogP contribution in [-0.2, 0) is 10.8 Å². The van der Waals surface area contributed by atoms with Crippen molar-refractivity contribution in [3.05, 3.63) is 23.9 Å². The van der Waals surface area contributed by atoms with Crippen molar-refractivity contribution in [1.82, 2.24) is 4.98 Å². The van der Waals surface area contributed by atoms with Gasteiger partial charge in [0, 0.05) is 18.0 Å². The summed E-state index contributed by atoms with van der Waals surface area (Å²) in [5, 5.41) is 0.496. The third-order valence-electron chi connectivity index (χ3n) is 1.19. The van der Waals surface area contributed by atoms with Crippen LogP contribution in [0.4, 0.5) is 0 Å².